The molecular formula is C15H23FN2O. The molecule has 0 amide bonds. The number of rotatable bonds is 5. The number of likely N-dealkylation sites (N-methyl/N-ethyl adjacent to an activating group) is 1. The number of ether oxygens (including phenoxy) is 1. The first-order valence-corrected chi connectivity index (χ1v) is 6.96. The van der Waals surface area contributed by atoms with Crippen LogP contribution >= 0.6 is 0 Å². The van der Waals surface area contributed by atoms with E-state index in [0.717, 1.165) is 37.2 Å². The summed E-state index contributed by atoms with van der Waals surface area (Å²) in [5.74, 6) is -0.181. The lowest BCUT2D eigenvalue weighted by atomic mass is 10.1. The molecule has 1 heterocycles. The molecule has 0 saturated carbocycles. The van der Waals surface area contributed by atoms with Gasteiger partial charge in [-0.1, -0.05) is 0 Å². The number of hydrogen-bond donors (Lipinski definition) is 1. The van der Waals surface area contributed by atoms with Crippen LogP contribution in [0, 0.1) is 5.82 Å². The first kappa shape index (κ1) is 14.3. The van der Waals surface area contributed by atoms with Crippen LogP contribution in [0.15, 0.2) is 18.2 Å². The molecule has 1 atom stereocenters. The van der Waals surface area contributed by atoms with E-state index >= 15 is 0 Å². The number of nitrogens with one attached hydrogen (secondary N) is 1. The van der Waals surface area contributed by atoms with Crippen LogP contribution in [0.25, 0.3) is 0 Å². The maximum atomic E-state index is 13.6. The van der Waals surface area contributed by atoms with E-state index in [-0.39, 0.29) is 11.9 Å². The van der Waals surface area contributed by atoms with Gasteiger partial charge < -0.3 is 15.0 Å². The minimum absolute atomic E-state index is 0.181. The summed E-state index contributed by atoms with van der Waals surface area (Å²) >= 11 is 0. The SMILES string of the molecule is CNCc1cc(F)cc(N(C)CC2CCCCO2)c1. The largest absolute Gasteiger partial charge is 0.376 e. The van der Waals surface area contributed by atoms with Crippen LogP contribution in [0.4, 0.5) is 10.1 Å². The third-order valence-corrected chi connectivity index (χ3v) is 3.52. The van der Waals surface area contributed by atoms with Crippen molar-refractivity contribution in [2.75, 3.05) is 32.1 Å². The lowest BCUT2D eigenvalue weighted by Crippen LogP contribution is -2.33. The van der Waals surface area contributed by atoms with E-state index in [4.69, 9.17) is 4.74 Å². The molecule has 1 aromatic carbocycles. The fourth-order valence-electron chi connectivity index (χ4n) is 2.52. The summed E-state index contributed by atoms with van der Waals surface area (Å²) in [5.41, 5.74) is 1.88. The maximum Gasteiger partial charge on any atom is 0.125 e. The molecule has 1 fully saturated rings. The summed E-state index contributed by atoms with van der Waals surface area (Å²) in [6.45, 7) is 2.35. The van der Waals surface area contributed by atoms with Gasteiger partial charge in [0.2, 0.25) is 0 Å². The van der Waals surface area contributed by atoms with E-state index in [0.29, 0.717) is 6.54 Å². The van der Waals surface area contributed by atoms with E-state index < -0.39 is 0 Å². The van der Waals surface area contributed by atoms with Gasteiger partial charge in [0.25, 0.3) is 0 Å². The highest BCUT2D eigenvalue weighted by Crippen LogP contribution is 2.20. The molecule has 1 N–H and O–H groups in total. The Morgan fingerprint density at radius 1 is 1.37 bits per heavy atom. The summed E-state index contributed by atoms with van der Waals surface area (Å²) in [7, 11) is 3.86. The zero-order valence-electron chi connectivity index (χ0n) is 11.8. The molecule has 0 radical (unpaired) electrons. The molecule has 106 valence electrons. The molecule has 1 unspecified atom stereocenters. The predicted octanol–water partition coefficient (Wildman–Crippen LogP) is 2.55. The van der Waals surface area contributed by atoms with Crippen LogP contribution in [0.3, 0.4) is 0 Å². The Morgan fingerprint density at radius 2 is 2.21 bits per heavy atom. The molecule has 1 saturated heterocycles. The van der Waals surface area contributed by atoms with Crippen LogP contribution in [0.5, 0.6) is 0 Å². The lowest BCUT2D eigenvalue weighted by molar-refractivity contribution is 0.0216. The van der Waals surface area contributed by atoms with Crippen molar-refractivity contribution in [2.24, 2.45) is 0 Å². The molecule has 0 aliphatic carbocycles. The van der Waals surface area contributed by atoms with Crippen molar-refractivity contribution >= 4 is 5.69 Å². The molecule has 1 aliphatic heterocycles. The molecular weight excluding hydrogens is 243 g/mol. The van der Waals surface area contributed by atoms with Gasteiger partial charge in [0.15, 0.2) is 0 Å². The van der Waals surface area contributed by atoms with Crippen LogP contribution < -0.4 is 10.2 Å². The van der Waals surface area contributed by atoms with Gasteiger partial charge in [-0.25, -0.2) is 4.39 Å². The van der Waals surface area contributed by atoms with Crippen molar-refractivity contribution in [3.05, 3.63) is 29.6 Å². The molecule has 4 heteroatoms. The highest BCUT2D eigenvalue weighted by Gasteiger charge is 2.16. The molecule has 1 aliphatic rings. The second-order valence-corrected chi connectivity index (χ2v) is 5.22. The lowest BCUT2D eigenvalue weighted by Gasteiger charge is -2.29. The molecule has 2 rings (SSSR count). The number of nitrogens with zero attached hydrogens (tertiary/aromatic N) is 1. The van der Waals surface area contributed by atoms with Crippen LogP contribution in [-0.4, -0.2) is 33.4 Å². The summed E-state index contributed by atoms with van der Waals surface area (Å²) in [5, 5.41) is 3.05. The van der Waals surface area contributed by atoms with Gasteiger partial charge in [-0.15, -0.1) is 0 Å². The number of hydrogen-bond acceptors (Lipinski definition) is 3. The summed E-state index contributed by atoms with van der Waals surface area (Å²) < 4.78 is 19.3. The van der Waals surface area contributed by atoms with Gasteiger partial charge in [0, 0.05) is 32.4 Å². The van der Waals surface area contributed by atoms with E-state index in [1.165, 1.54) is 6.42 Å². The van der Waals surface area contributed by atoms with Crippen molar-refractivity contribution in [1.82, 2.24) is 5.32 Å². The maximum absolute atomic E-state index is 13.6. The fraction of sp³-hybridized carbons (Fsp3) is 0.600. The Balaban J connectivity index is 2.02. The zero-order chi connectivity index (χ0) is 13.7. The average molecular weight is 266 g/mol. The van der Waals surface area contributed by atoms with E-state index in [1.807, 2.05) is 20.2 Å². The molecule has 0 bridgehead atoms. The Hall–Kier alpha value is -1.13. The third kappa shape index (κ3) is 4.18. The first-order valence-electron chi connectivity index (χ1n) is 6.96. The van der Waals surface area contributed by atoms with Crippen LogP contribution in [0.2, 0.25) is 0 Å². The summed E-state index contributed by atoms with van der Waals surface area (Å²) in [6.07, 6.45) is 3.76. The topological polar surface area (TPSA) is 24.5 Å². The normalized spacial score (nSPS) is 19.4. The quantitative estimate of drug-likeness (QED) is 0.886. The number of benzene rings is 1. The van der Waals surface area contributed by atoms with Crippen LogP contribution in [0.1, 0.15) is 24.8 Å². The monoisotopic (exact) mass is 266 g/mol. The second kappa shape index (κ2) is 6.87. The third-order valence-electron chi connectivity index (χ3n) is 3.52. The summed E-state index contributed by atoms with van der Waals surface area (Å²) in [4.78, 5) is 2.08. The molecule has 0 aromatic heterocycles. The highest BCUT2D eigenvalue weighted by atomic mass is 19.1. The van der Waals surface area contributed by atoms with Crippen LogP contribution in [-0.2, 0) is 11.3 Å². The highest BCUT2D eigenvalue weighted by molar-refractivity contribution is 5.48. The van der Waals surface area contributed by atoms with E-state index in [2.05, 4.69) is 10.2 Å². The standard InChI is InChI=1S/C15H23FN2O/c1-17-10-12-7-13(16)9-14(8-12)18(2)11-15-5-3-4-6-19-15/h7-9,15,17H,3-6,10-11H2,1-2H3. The zero-order valence-corrected chi connectivity index (χ0v) is 11.8. The predicted molar refractivity (Wildman–Crippen MR) is 76.0 cm³/mol. The van der Waals surface area contributed by atoms with Crippen molar-refractivity contribution < 1.29 is 9.13 Å². The summed E-state index contributed by atoms with van der Waals surface area (Å²) in [6, 6.07) is 5.19. The van der Waals surface area contributed by atoms with Gasteiger partial charge in [-0.2, -0.15) is 0 Å². The Kier molecular flexibility index (Phi) is 5.16. The second-order valence-electron chi connectivity index (χ2n) is 5.22. The minimum atomic E-state index is -0.181. The molecule has 1 aromatic rings. The first-order chi connectivity index (χ1) is 9.19. The van der Waals surface area contributed by atoms with Crippen molar-refractivity contribution in [3.63, 3.8) is 0 Å². The Bertz CT molecular complexity index is 405. The van der Waals surface area contributed by atoms with Gasteiger partial charge in [0.1, 0.15) is 5.82 Å². The number of anilines is 1. The van der Waals surface area contributed by atoms with Gasteiger partial charge in [0.05, 0.1) is 6.10 Å². The molecule has 19 heavy (non-hydrogen) atoms. The van der Waals surface area contributed by atoms with Gasteiger partial charge >= 0.3 is 0 Å². The Morgan fingerprint density at radius 3 is 2.89 bits per heavy atom. The van der Waals surface area contributed by atoms with Crippen molar-refractivity contribution in [1.29, 1.82) is 0 Å². The van der Waals surface area contributed by atoms with E-state index in [9.17, 15) is 4.39 Å². The smallest absolute Gasteiger partial charge is 0.125 e. The average Bonchev–Trinajstić information content (AvgIpc) is 2.39. The van der Waals surface area contributed by atoms with Crippen molar-refractivity contribution in [2.45, 2.75) is 31.9 Å². The molecule has 0 spiro atoms. The van der Waals surface area contributed by atoms with Gasteiger partial charge in [-0.05, 0) is 50.1 Å². The van der Waals surface area contributed by atoms with Crippen molar-refractivity contribution in [3.8, 4) is 0 Å². The molecule has 3 nitrogen and oxygen atoms in total. The fourth-order valence-corrected chi connectivity index (χ4v) is 2.52. The Labute approximate surface area is 114 Å². The van der Waals surface area contributed by atoms with Gasteiger partial charge in [-0.3, -0.25) is 0 Å². The van der Waals surface area contributed by atoms with E-state index in [1.54, 1.807) is 12.1 Å². The minimum Gasteiger partial charge on any atom is -0.376 e. The number of halogens is 1.